The summed E-state index contributed by atoms with van der Waals surface area (Å²) in [5, 5.41) is 5.16. The van der Waals surface area contributed by atoms with E-state index >= 15 is 0 Å². The third-order valence-corrected chi connectivity index (χ3v) is 4.80. The van der Waals surface area contributed by atoms with Crippen LogP contribution in [-0.2, 0) is 25.4 Å². The molecule has 0 spiro atoms. The molecule has 4 rings (SSSR count). The lowest BCUT2D eigenvalue weighted by Gasteiger charge is -2.23. The van der Waals surface area contributed by atoms with Crippen LogP contribution in [0.4, 0.5) is 35.1 Å². The first-order valence-corrected chi connectivity index (χ1v) is 9.03. The first-order valence-electron chi connectivity index (χ1n) is 9.03. The van der Waals surface area contributed by atoms with E-state index in [0.717, 1.165) is 12.1 Å². The first-order chi connectivity index (χ1) is 14.9. The minimum Gasteiger partial charge on any atom is -0.337 e. The van der Waals surface area contributed by atoms with Crippen molar-refractivity contribution in [2.45, 2.75) is 25.4 Å². The molecular formula is C20H12F8N4. The molecule has 32 heavy (non-hydrogen) atoms. The van der Waals surface area contributed by atoms with Crippen LogP contribution < -0.4 is 0 Å². The number of hydrogen-bond acceptors (Lipinski definition) is 3. The van der Waals surface area contributed by atoms with Gasteiger partial charge in [-0.15, -0.1) is 0 Å². The molecule has 3 aromatic rings. The fraction of sp³-hybridized carbons (Fsp3) is 0.200. The number of H-pyrrole nitrogens is 1. The van der Waals surface area contributed by atoms with E-state index in [1.165, 1.54) is 23.4 Å². The summed E-state index contributed by atoms with van der Waals surface area (Å²) < 4.78 is 106. The van der Waals surface area contributed by atoms with Crippen molar-refractivity contribution in [3.8, 4) is 11.4 Å². The Morgan fingerprint density at radius 2 is 1.72 bits per heavy atom. The number of aromatic nitrogens is 2. The van der Waals surface area contributed by atoms with Crippen LogP contribution >= 0.6 is 0 Å². The van der Waals surface area contributed by atoms with Gasteiger partial charge in [0.1, 0.15) is 5.82 Å². The molecule has 1 aromatic heterocycles. The van der Waals surface area contributed by atoms with Crippen molar-refractivity contribution in [1.82, 2.24) is 15.0 Å². The predicted molar refractivity (Wildman–Crippen MR) is 97.2 cm³/mol. The normalized spacial score (nSPS) is 14.1. The van der Waals surface area contributed by atoms with E-state index in [-0.39, 0.29) is 24.0 Å². The van der Waals surface area contributed by atoms with Gasteiger partial charge in [0.2, 0.25) is 0 Å². The molecule has 0 bridgehead atoms. The van der Waals surface area contributed by atoms with Crippen LogP contribution in [-0.4, -0.2) is 21.2 Å². The standard InChI is InChI=1S/C20H12F8N4/c21-14-3-1-2-12(17(14)22)18-30-15-7-29-32(9-16(15)31-18)8-10-4-5-11(19(23,24)25)6-13(10)20(26,27)28/h1-7H,8-9H2,(H,30,31). The van der Waals surface area contributed by atoms with Gasteiger partial charge in [-0.1, -0.05) is 12.1 Å². The summed E-state index contributed by atoms with van der Waals surface area (Å²) in [6, 6.07) is 4.92. The van der Waals surface area contributed by atoms with E-state index in [1.807, 2.05) is 0 Å². The van der Waals surface area contributed by atoms with Gasteiger partial charge in [0.25, 0.3) is 0 Å². The van der Waals surface area contributed by atoms with Crippen LogP contribution in [0.2, 0.25) is 0 Å². The molecule has 0 unspecified atom stereocenters. The van der Waals surface area contributed by atoms with Crippen molar-refractivity contribution < 1.29 is 35.1 Å². The summed E-state index contributed by atoms with van der Waals surface area (Å²) in [6.07, 6.45) is -8.69. The molecule has 0 radical (unpaired) electrons. The van der Waals surface area contributed by atoms with Gasteiger partial charge in [-0.3, -0.25) is 5.01 Å². The van der Waals surface area contributed by atoms with Gasteiger partial charge >= 0.3 is 12.4 Å². The zero-order chi connectivity index (χ0) is 23.3. The molecule has 0 atom stereocenters. The summed E-state index contributed by atoms with van der Waals surface area (Å²) in [5.74, 6) is -2.19. The molecule has 1 aliphatic rings. The molecule has 12 heteroatoms. The van der Waals surface area contributed by atoms with Crippen molar-refractivity contribution >= 4 is 6.21 Å². The minimum absolute atomic E-state index is 0.00538. The molecule has 0 fully saturated rings. The number of imidazole rings is 1. The highest BCUT2D eigenvalue weighted by Crippen LogP contribution is 2.38. The van der Waals surface area contributed by atoms with Gasteiger partial charge in [-0.25, -0.2) is 13.8 Å². The van der Waals surface area contributed by atoms with Crippen LogP contribution in [0, 0.1) is 11.6 Å². The maximum absolute atomic E-state index is 14.0. The van der Waals surface area contributed by atoms with E-state index in [0.29, 0.717) is 17.5 Å². The van der Waals surface area contributed by atoms with E-state index in [9.17, 15) is 35.1 Å². The van der Waals surface area contributed by atoms with Gasteiger partial charge in [0, 0.05) is 0 Å². The van der Waals surface area contributed by atoms with Gasteiger partial charge in [-0.05, 0) is 29.8 Å². The number of hydrazone groups is 1. The Morgan fingerprint density at radius 3 is 2.41 bits per heavy atom. The summed E-state index contributed by atoms with van der Waals surface area (Å²) >= 11 is 0. The largest absolute Gasteiger partial charge is 0.416 e. The molecule has 2 heterocycles. The fourth-order valence-corrected chi connectivity index (χ4v) is 3.27. The molecule has 4 nitrogen and oxygen atoms in total. The second-order valence-corrected chi connectivity index (χ2v) is 6.98. The number of rotatable bonds is 3. The van der Waals surface area contributed by atoms with Crippen LogP contribution in [0.3, 0.4) is 0 Å². The SMILES string of the molecule is Fc1cccc(-c2nc3c([nH]2)C=NN(Cc2ccc(C(F)(F)F)cc2C(F)(F)F)C3)c1F. The van der Waals surface area contributed by atoms with Gasteiger partial charge in [0.15, 0.2) is 11.6 Å². The number of hydrogen-bond donors (Lipinski definition) is 1. The number of aromatic amines is 1. The third-order valence-electron chi connectivity index (χ3n) is 4.80. The van der Waals surface area contributed by atoms with Crippen molar-refractivity contribution in [3.05, 3.63) is 76.1 Å². The Hall–Kier alpha value is -3.44. The Kier molecular flexibility index (Phi) is 5.18. The molecule has 0 amide bonds. The Morgan fingerprint density at radius 1 is 0.969 bits per heavy atom. The Balaban J connectivity index is 1.60. The number of nitrogens with one attached hydrogen (secondary N) is 1. The molecule has 168 valence electrons. The maximum Gasteiger partial charge on any atom is 0.416 e. The topological polar surface area (TPSA) is 44.3 Å². The molecule has 1 N–H and O–H groups in total. The van der Waals surface area contributed by atoms with E-state index in [1.54, 1.807) is 0 Å². The van der Waals surface area contributed by atoms with Crippen LogP contribution in [0.1, 0.15) is 28.1 Å². The highest BCUT2D eigenvalue weighted by Gasteiger charge is 2.38. The second kappa shape index (κ2) is 7.61. The van der Waals surface area contributed by atoms with Gasteiger partial charge in [0.05, 0.1) is 47.4 Å². The number of halogens is 8. The van der Waals surface area contributed by atoms with Crippen LogP contribution in [0.5, 0.6) is 0 Å². The van der Waals surface area contributed by atoms with Crippen LogP contribution in [0.25, 0.3) is 11.4 Å². The monoisotopic (exact) mass is 460 g/mol. The lowest BCUT2D eigenvalue weighted by molar-refractivity contribution is -0.143. The number of benzene rings is 2. The highest BCUT2D eigenvalue weighted by molar-refractivity contribution is 5.80. The number of fused-ring (bicyclic) bond motifs is 1. The summed E-state index contributed by atoms with van der Waals surface area (Å²) in [4.78, 5) is 6.93. The quantitative estimate of drug-likeness (QED) is 0.507. The summed E-state index contributed by atoms with van der Waals surface area (Å²) in [5.41, 5.74) is -2.72. The van der Waals surface area contributed by atoms with Crippen molar-refractivity contribution in [2.24, 2.45) is 5.10 Å². The molecular weight excluding hydrogens is 448 g/mol. The van der Waals surface area contributed by atoms with Crippen molar-refractivity contribution in [2.75, 3.05) is 0 Å². The fourth-order valence-electron chi connectivity index (χ4n) is 3.27. The van der Waals surface area contributed by atoms with E-state index in [2.05, 4.69) is 15.1 Å². The molecule has 0 aliphatic carbocycles. The molecule has 2 aromatic carbocycles. The summed E-state index contributed by atoms with van der Waals surface area (Å²) in [7, 11) is 0. The van der Waals surface area contributed by atoms with Gasteiger partial charge in [-0.2, -0.15) is 31.4 Å². The van der Waals surface area contributed by atoms with Gasteiger partial charge < -0.3 is 4.98 Å². The maximum atomic E-state index is 14.0. The predicted octanol–water partition coefficient (Wildman–Crippen LogP) is 5.74. The third kappa shape index (κ3) is 4.16. The number of nitrogens with zero attached hydrogens (tertiary/aromatic N) is 3. The second-order valence-electron chi connectivity index (χ2n) is 6.98. The molecule has 0 saturated carbocycles. The summed E-state index contributed by atoms with van der Waals surface area (Å²) in [6.45, 7) is -0.545. The average Bonchev–Trinajstić information content (AvgIpc) is 3.12. The zero-order valence-electron chi connectivity index (χ0n) is 15.8. The minimum atomic E-state index is -5.00. The molecule has 1 aliphatic heterocycles. The smallest absolute Gasteiger partial charge is 0.337 e. The number of alkyl halides is 6. The highest BCUT2D eigenvalue weighted by atomic mass is 19.4. The van der Waals surface area contributed by atoms with Crippen molar-refractivity contribution in [1.29, 1.82) is 0 Å². The zero-order valence-corrected chi connectivity index (χ0v) is 15.8. The van der Waals surface area contributed by atoms with E-state index < -0.39 is 47.2 Å². The first kappa shape index (κ1) is 21.8. The molecule has 0 saturated heterocycles. The Labute approximate surface area is 175 Å². The lowest BCUT2D eigenvalue weighted by atomic mass is 10.0. The van der Waals surface area contributed by atoms with E-state index in [4.69, 9.17) is 0 Å². The van der Waals surface area contributed by atoms with Crippen LogP contribution in [0.15, 0.2) is 41.5 Å². The Bertz CT molecular complexity index is 1190. The lowest BCUT2D eigenvalue weighted by Crippen LogP contribution is -2.23. The van der Waals surface area contributed by atoms with Crippen molar-refractivity contribution in [3.63, 3.8) is 0 Å². The average molecular weight is 460 g/mol.